The summed E-state index contributed by atoms with van der Waals surface area (Å²) in [6.45, 7) is 4.00. The Morgan fingerprint density at radius 2 is 1.81 bits per heavy atom. The molecule has 0 saturated heterocycles. The highest BCUT2D eigenvalue weighted by Crippen LogP contribution is 2.16. The van der Waals surface area contributed by atoms with E-state index in [1.165, 1.54) is 13.2 Å². The minimum Gasteiger partial charge on any atom is -0.478 e. The first kappa shape index (κ1) is 14.2. The lowest BCUT2D eigenvalue weighted by atomic mass is 10.2. The van der Waals surface area contributed by atoms with Gasteiger partial charge < -0.3 is 15.8 Å². The molecule has 0 bridgehead atoms. The summed E-state index contributed by atoms with van der Waals surface area (Å²) in [5.74, 6) is -0.896. The van der Waals surface area contributed by atoms with Crippen molar-refractivity contribution in [1.29, 1.82) is 0 Å². The number of carbonyl (C=O) groups is 1. The number of nitrogens with two attached hydrogens (primary N) is 1. The standard InChI is InChI=1S/C9H7NO2.C2H6.CH5N/c11-9(12)7-5-10-8-4-2-1-3-6(7)8;2*1-2/h1-5,10H,(H,11,12);1-2H3;2H2,1H3. The molecular formula is C12H18N2O2. The van der Waals surface area contributed by atoms with E-state index in [9.17, 15) is 4.79 Å². The smallest absolute Gasteiger partial charge is 0.337 e. The molecule has 0 atom stereocenters. The first-order chi connectivity index (χ1) is 7.79. The molecule has 2 rings (SSSR count). The van der Waals surface area contributed by atoms with Gasteiger partial charge in [-0.1, -0.05) is 32.0 Å². The van der Waals surface area contributed by atoms with E-state index in [0.29, 0.717) is 5.56 Å². The minimum atomic E-state index is -0.896. The van der Waals surface area contributed by atoms with Crippen LogP contribution in [0.3, 0.4) is 0 Å². The lowest BCUT2D eigenvalue weighted by molar-refractivity contribution is 0.0699. The predicted molar refractivity (Wildman–Crippen MR) is 66.7 cm³/mol. The number of rotatable bonds is 1. The topological polar surface area (TPSA) is 79.1 Å². The van der Waals surface area contributed by atoms with Crippen molar-refractivity contribution in [2.45, 2.75) is 13.8 Å². The van der Waals surface area contributed by atoms with E-state index in [1.807, 2.05) is 32.0 Å². The highest BCUT2D eigenvalue weighted by molar-refractivity contribution is 6.02. The van der Waals surface area contributed by atoms with E-state index in [-0.39, 0.29) is 0 Å². The Morgan fingerprint density at radius 1 is 1.25 bits per heavy atom. The molecule has 88 valence electrons. The Labute approximate surface area is 95.1 Å². The van der Waals surface area contributed by atoms with Crippen molar-refractivity contribution in [2.75, 3.05) is 7.05 Å². The molecule has 1 aromatic carbocycles. The number of para-hydroxylation sites is 1. The van der Waals surface area contributed by atoms with E-state index in [2.05, 4.69) is 10.7 Å². The van der Waals surface area contributed by atoms with E-state index in [1.54, 1.807) is 6.07 Å². The fourth-order valence-corrected chi connectivity index (χ4v) is 1.25. The number of carboxylic acid groups (broad SMARTS) is 1. The maximum absolute atomic E-state index is 10.7. The Kier molecular flexibility index (Phi) is 6.63. The van der Waals surface area contributed by atoms with Crippen LogP contribution in [0.1, 0.15) is 24.2 Å². The van der Waals surface area contributed by atoms with Crippen molar-refractivity contribution in [2.24, 2.45) is 5.73 Å². The maximum Gasteiger partial charge on any atom is 0.337 e. The zero-order chi connectivity index (χ0) is 12.6. The van der Waals surface area contributed by atoms with Gasteiger partial charge in [-0.15, -0.1) is 0 Å². The second-order valence-electron chi connectivity index (χ2n) is 2.55. The van der Waals surface area contributed by atoms with Gasteiger partial charge in [-0.2, -0.15) is 0 Å². The van der Waals surface area contributed by atoms with Crippen molar-refractivity contribution in [1.82, 2.24) is 4.98 Å². The second-order valence-corrected chi connectivity index (χ2v) is 2.55. The maximum atomic E-state index is 10.7. The van der Waals surface area contributed by atoms with Gasteiger partial charge >= 0.3 is 5.97 Å². The Bertz CT molecular complexity index is 435. The average molecular weight is 222 g/mol. The molecule has 0 aliphatic rings. The summed E-state index contributed by atoms with van der Waals surface area (Å²) in [6.07, 6.45) is 1.51. The molecule has 0 spiro atoms. The molecule has 4 nitrogen and oxygen atoms in total. The summed E-state index contributed by atoms with van der Waals surface area (Å²) >= 11 is 0. The van der Waals surface area contributed by atoms with Crippen LogP contribution < -0.4 is 5.73 Å². The predicted octanol–water partition coefficient (Wildman–Crippen LogP) is 2.47. The second kappa shape index (κ2) is 7.48. The number of fused-ring (bicyclic) bond motifs is 1. The summed E-state index contributed by atoms with van der Waals surface area (Å²) in [6, 6.07) is 7.32. The number of carboxylic acids is 1. The van der Waals surface area contributed by atoms with Crippen LogP contribution in [-0.2, 0) is 0 Å². The van der Waals surface area contributed by atoms with Crippen LogP contribution in [0.2, 0.25) is 0 Å². The Morgan fingerprint density at radius 3 is 2.38 bits per heavy atom. The lowest BCUT2D eigenvalue weighted by Gasteiger charge is -1.89. The summed E-state index contributed by atoms with van der Waals surface area (Å²) in [4.78, 5) is 13.5. The van der Waals surface area contributed by atoms with E-state index in [4.69, 9.17) is 5.11 Å². The molecule has 0 radical (unpaired) electrons. The molecule has 2 aromatic rings. The van der Waals surface area contributed by atoms with Crippen molar-refractivity contribution in [3.8, 4) is 0 Å². The number of H-pyrrole nitrogens is 1. The molecule has 0 aliphatic heterocycles. The lowest BCUT2D eigenvalue weighted by Crippen LogP contribution is -1.92. The van der Waals surface area contributed by atoms with Crippen LogP contribution in [-0.4, -0.2) is 23.1 Å². The summed E-state index contributed by atoms with van der Waals surface area (Å²) in [7, 11) is 1.50. The zero-order valence-electron chi connectivity index (χ0n) is 9.82. The van der Waals surface area contributed by atoms with Gasteiger partial charge in [0.05, 0.1) is 5.56 Å². The van der Waals surface area contributed by atoms with Crippen LogP contribution in [0.25, 0.3) is 10.9 Å². The van der Waals surface area contributed by atoms with E-state index >= 15 is 0 Å². The molecule has 4 N–H and O–H groups in total. The SMILES string of the molecule is CC.CN.O=C(O)c1c[nH]c2ccccc12. The van der Waals surface area contributed by atoms with Gasteiger partial charge in [0.1, 0.15) is 0 Å². The van der Waals surface area contributed by atoms with Gasteiger partial charge in [0.25, 0.3) is 0 Å². The summed E-state index contributed by atoms with van der Waals surface area (Å²) < 4.78 is 0. The van der Waals surface area contributed by atoms with Crippen molar-refractivity contribution in [3.05, 3.63) is 36.0 Å². The first-order valence-corrected chi connectivity index (χ1v) is 5.16. The summed E-state index contributed by atoms with van der Waals surface area (Å²) in [5, 5.41) is 9.51. The number of benzene rings is 1. The number of hydrogen-bond acceptors (Lipinski definition) is 2. The van der Waals surface area contributed by atoms with Gasteiger partial charge in [0.15, 0.2) is 0 Å². The largest absolute Gasteiger partial charge is 0.478 e. The molecule has 0 unspecified atom stereocenters. The molecule has 1 aromatic heterocycles. The van der Waals surface area contributed by atoms with Crippen molar-refractivity contribution < 1.29 is 9.90 Å². The quantitative estimate of drug-likeness (QED) is 0.693. The number of aromatic amines is 1. The number of aromatic nitrogens is 1. The molecule has 16 heavy (non-hydrogen) atoms. The Hall–Kier alpha value is -1.81. The monoisotopic (exact) mass is 222 g/mol. The van der Waals surface area contributed by atoms with E-state index in [0.717, 1.165) is 10.9 Å². The molecule has 0 amide bonds. The molecular weight excluding hydrogens is 204 g/mol. The highest BCUT2D eigenvalue weighted by Gasteiger charge is 2.08. The van der Waals surface area contributed by atoms with Crippen molar-refractivity contribution in [3.63, 3.8) is 0 Å². The Balaban J connectivity index is 0.000000509. The van der Waals surface area contributed by atoms with Crippen LogP contribution in [0.15, 0.2) is 30.5 Å². The van der Waals surface area contributed by atoms with Crippen LogP contribution in [0, 0.1) is 0 Å². The van der Waals surface area contributed by atoms with Gasteiger partial charge in [0, 0.05) is 17.1 Å². The third-order valence-electron chi connectivity index (χ3n) is 1.82. The normalized spacial score (nSPS) is 8.50. The third-order valence-corrected chi connectivity index (χ3v) is 1.82. The van der Waals surface area contributed by atoms with E-state index < -0.39 is 5.97 Å². The fraction of sp³-hybridized carbons (Fsp3) is 0.250. The molecule has 0 saturated carbocycles. The van der Waals surface area contributed by atoms with Gasteiger partial charge in [0.2, 0.25) is 0 Å². The van der Waals surface area contributed by atoms with Crippen LogP contribution in [0.5, 0.6) is 0 Å². The van der Waals surface area contributed by atoms with Gasteiger partial charge in [-0.3, -0.25) is 0 Å². The first-order valence-electron chi connectivity index (χ1n) is 5.16. The molecule has 1 heterocycles. The molecule has 4 heteroatoms. The number of aromatic carboxylic acids is 1. The van der Waals surface area contributed by atoms with Crippen LogP contribution >= 0.6 is 0 Å². The van der Waals surface area contributed by atoms with Crippen LogP contribution in [0.4, 0.5) is 0 Å². The highest BCUT2D eigenvalue weighted by atomic mass is 16.4. The van der Waals surface area contributed by atoms with Gasteiger partial charge in [-0.05, 0) is 13.1 Å². The molecule has 0 aliphatic carbocycles. The van der Waals surface area contributed by atoms with Crippen molar-refractivity contribution >= 4 is 16.9 Å². The number of hydrogen-bond donors (Lipinski definition) is 3. The molecule has 0 fully saturated rings. The number of nitrogens with one attached hydrogen (secondary N) is 1. The zero-order valence-corrected chi connectivity index (χ0v) is 9.82. The summed E-state index contributed by atoms with van der Waals surface area (Å²) in [5.41, 5.74) is 5.68. The van der Waals surface area contributed by atoms with Gasteiger partial charge in [-0.25, -0.2) is 4.79 Å². The average Bonchev–Trinajstić information content (AvgIpc) is 2.78. The minimum absolute atomic E-state index is 0.325. The fourth-order valence-electron chi connectivity index (χ4n) is 1.25. The third kappa shape index (κ3) is 3.10.